The first kappa shape index (κ1) is 24.1. The van der Waals surface area contributed by atoms with Crippen LogP contribution in [0.4, 0.5) is 5.69 Å². The molecule has 168 valence electrons. The van der Waals surface area contributed by atoms with E-state index in [0.717, 1.165) is 76.4 Å². The van der Waals surface area contributed by atoms with Crippen LogP contribution < -0.4 is 10.6 Å². The van der Waals surface area contributed by atoms with Gasteiger partial charge >= 0.3 is 0 Å². The number of rotatable bonds is 11. The van der Waals surface area contributed by atoms with Crippen molar-refractivity contribution in [3.8, 4) is 0 Å². The maximum absolute atomic E-state index is 10.7. The van der Waals surface area contributed by atoms with Gasteiger partial charge in [0, 0.05) is 51.4 Å². The molecule has 8 heteroatoms. The van der Waals surface area contributed by atoms with Crippen LogP contribution in [0.1, 0.15) is 45.1 Å². The molecule has 30 heavy (non-hydrogen) atoms. The number of nitrogens with zero attached hydrogens (tertiary/aromatic N) is 3. The first-order valence-corrected chi connectivity index (χ1v) is 11.0. The maximum atomic E-state index is 10.7. The third-order valence-electron chi connectivity index (χ3n) is 5.34. The predicted molar refractivity (Wildman–Crippen MR) is 121 cm³/mol. The van der Waals surface area contributed by atoms with Gasteiger partial charge in [-0.2, -0.15) is 0 Å². The third kappa shape index (κ3) is 9.09. The Bertz CT molecular complexity index is 655. The molecule has 1 saturated heterocycles. The van der Waals surface area contributed by atoms with E-state index in [1.165, 1.54) is 0 Å². The van der Waals surface area contributed by atoms with E-state index in [9.17, 15) is 10.1 Å². The Kier molecular flexibility index (Phi) is 10.6. The van der Waals surface area contributed by atoms with E-state index in [-0.39, 0.29) is 10.6 Å². The molecule has 1 heterocycles. The summed E-state index contributed by atoms with van der Waals surface area (Å²) in [5.74, 6) is 0.868. The molecule has 0 amide bonds. The molecular formula is C22H37N5O3. The molecular weight excluding hydrogens is 382 g/mol. The van der Waals surface area contributed by atoms with Gasteiger partial charge in [-0.3, -0.25) is 15.1 Å². The number of nitrogens with one attached hydrogen (secondary N) is 2. The van der Waals surface area contributed by atoms with E-state index in [4.69, 9.17) is 4.74 Å². The van der Waals surface area contributed by atoms with E-state index in [1.807, 2.05) is 19.2 Å². The average Bonchev–Trinajstić information content (AvgIpc) is 2.74. The van der Waals surface area contributed by atoms with Gasteiger partial charge in [-0.1, -0.05) is 12.1 Å². The van der Waals surface area contributed by atoms with Gasteiger partial charge in [0.2, 0.25) is 0 Å². The van der Waals surface area contributed by atoms with Crippen molar-refractivity contribution in [3.63, 3.8) is 0 Å². The van der Waals surface area contributed by atoms with E-state index in [0.29, 0.717) is 12.1 Å². The number of unbranched alkanes of at least 4 members (excludes halogenated alkanes) is 1. The quantitative estimate of drug-likeness (QED) is 0.188. The smallest absolute Gasteiger partial charge is 0.269 e. The van der Waals surface area contributed by atoms with Crippen molar-refractivity contribution >= 4 is 11.6 Å². The van der Waals surface area contributed by atoms with Gasteiger partial charge in [-0.25, -0.2) is 0 Å². The van der Waals surface area contributed by atoms with Crippen LogP contribution in [0.3, 0.4) is 0 Å². The molecule has 8 nitrogen and oxygen atoms in total. The molecule has 2 rings (SSSR count). The van der Waals surface area contributed by atoms with E-state index >= 15 is 0 Å². The van der Waals surface area contributed by atoms with E-state index < -0.39 is 0 Å². The molecule has 1 aliphatic rings. The molecule has 1 aromatic rings. The number of benzene rings is 1. The zero-order valence-corrected chi connectivity index (χ0v) is 18.6. The third-order valence-corrected chi connectivity index (χ3v) is 5.34. The Morgan fingerprint density at radius 2 is 1.97 bits per heavy atom. The molecule has 0 spiro atoms. The second-order valence-electron chi connectivity index (χ2n) is 8.06. The largest absolute Gasteiger partial charge is 0.377 e. The Balaban J connectivity index is 1.57. The highest BCUT2D eigenvalue weighted by Gasteiger charge is 2.19. The molecule has 2 N–H and O–H groups in total. The molecule has 0 aromatic heterocycles. The van der Waals surface area contributed by atoms with E-state index in [1.54, 1.807) is 12.1 Å². The van der Waals surface area contributed by atoms with Crippen LogP contribution in [0.15, 0.2) is 29.3 Å². The van der Waals surface area contributed by atoms with E-state index in [2.05, 4.69) is 34.4 Å². The number of aliphatic imine (C=N–C) groups is 1. The van der Waals surface area contributed by atoms with Crippen molar-refractivity contribution in [1.29, 1.82) is 0 Å². The second kappa shape index (κ2) is 13.2. The van der Waals surface area contributed by atoms with Gasteiger partial charge in [0.15, 0.2) is 5.96 Å². The van der Waals surface area contributed by atoms with Gasteiger partial charge in [-0.15, -0.1) is 0 Å². The van der Waals surface area contributed by atoms with Crippen LogP contribution in [0.25, 0.3) is 0 Å². The molecule has 0 radical (unpaired) electrons. The lowest BCUT2D eigenvalue weighted by Gasteiger charge is -2.33. The summed E-state index contributed by atoms with van der Waals surface area (Å²) in [5.41, 5.74) is 1.28. The molecule has 1 fully saturated rings. The van der Waals surface area contributed by atoms with Gasteiger partial charge in [0.05, 0.1) is 17.6 Å². The number of guanidine groups is 1. The summed E-state index contributed by atoms with van der Waals surface area (Å²) in [6, 6.07) is 7.28. The van der Waals surface area contributed by atoms with Crippen molar-refractivity contribution < 1.29 is 9.66 Å². The minimum absolute atomic E-state index is 0.144. The number of piperidine rings is 1. The average molecular weight is 420 g/mol. The zero-order chi connectivity index (χ0) is 21.8. The fourth-order valence-corrected chi connectivity index (χ4v) is 3.55. The standard InChI is InChI=1S/C22H37N5O3/c1-18(2)30-17-16-26-14-11-20(12-15-26)25-22(23-3)24-13-5-4-6-19-7-9-21(10-8-19)27(28)29/h7-10,18,20H,4-6,11-17H2,1-3H3,(H2,23,24,25). The van der Waals surface area contributed by atoms with Crippen molar-refractivity contribution in [1.82, 2.24) is 15.5 Å². The number of ether oxygens (including phenoxy) is 1. The number of nitro groups is 1. The first-order chi connectivity index (χ1) is 14.5. The highest BCUT2D eigenvalue weighted by atomic mass is 16.6. The fraction of sp³-hybridized carbons (Fsp3) is 0.682. The summed E-state index contributed by atoms with van der Waals surface area (Å²) in [5, 5.41) is 17.6. The normalized spacial score (nSPS) is 16.1. The Morgan fingerprint density at radius 1 is 1.27 bits per heavy atom. The summed E-state index contributed by atoms with van der Waals surface area (Å²) in [6.07, 6.45) is 5.49. The van der Waals surface area contributed by atoms with Crippen LogP contribution in [-0.4, -0.2) is 67.8 Å². The van der Waals surface area contributed by atoms with Gasteiger partial charge in [0.1, 0.15) is 0 Å². The number of hydrogen-bond acceptors (Lipinski definition) is 5. The van der Waals surface area contributed by atoms with Crippen LogP contribution in [0.5, 0.6) is 0 Å². The topological polar surface area (TPSA) is 92.0 Å². The Morgan fingerprint density at radius 3 is 2.57 bits per heavy atom. The molecule has 0 unspecified atom stereocenters. The molecule has 1 aromatic carbocycles. The molecule has 0 saturated carbocycles. The lowest BCUT2D eigenvalue weighted by Crippen LogP contribution is -2.49. The predicted octanol–water partition coefficient (Wildman–Crippen LogP) is 2.97. The first-order valence-electron chi connectivity index (χ1n) is 11.0. The second-order valence-corrected chi connectivity index (χ2v) is 8.06. The van der Waals surface area contributed by atoms with Gasteiger partial charge in [-0.05, 0) is 51.5 Å². The fourth-order valence-electron chi connectivity index (χ4n) is 3.55. The van der Waals surface area contributed by atoms with Gasteiger partial charge < -0.3 is 20.3 Å². The van der Waals surface area contributed by atoms with Crippen LogP contribution in [-0.2, 0) is 11.2 Å². The molecule has 0 bridgehead atoms. The maximum Gasteiger partial charge on any atom is 0.269 e. The van der Waals surface area contributed by atoms with Crippen LogP contribution in [0.2, 0.25) is 0 Å². The number of nitro benzene ring substituents is 1. The highest BCUT2D eigenvalue weighted by Crippen LogP contribution is 2.13. The molecule has 1 aliphatic heterocycles. The van der Waals surface area contributed by atoms with Gasteiger partial charge in [0.25, 0.3) is 5.69 Å². The minimum Gasteiger partial charge on any atom is -0.377 e. The summed E-state index contributed by atoms with van der Waals surface area (Å²) >= 11 is 0. The Labute approximate surface area is 180 Å². The number of non-ortho nitro benzene ring substituents is 1. The summed E-state index contributed by atoms with van der Waals surface area (Å²) in [6.45, 7) is 9.00. The summed E-state index contributed by atoms with van der Waals surface area (Å²) < 4.78 is 5.65. The van der Waals surface area contributed by atoms with Crippen LogP contribution in [0, 0.1) is 10.1 Å². The SMILES string of the molecule is CN=C(NCCCCc1ccc([N+](=O)[O-])cc1)NC1CCN(CCOC(C)C)CC1. The monoisotopic (exact) mass is 419 g/mol. The lowest BCUT2D eigenvalue weighted by molar-refractivity contribution is -0.384. The van der Waals surface area contributed by atoms with Crippen molar-refractivity contribution in [2.45, 2.75) is 58.1 Å². The number of likely N-dealkylation sites (tertiary alicyclic amines) is 1. The molecule has 0 atom stereocenters. The van der Waals surface area contributed by atoms with Crippen molar-refractivity contribution in [2.75, 3.05) is 39.8 Å². The highest BCUT2D eigenvalue weighted by molar-refractivity contribution is 5.79. The molecule has 0 aliphatic carbocycles. The van der Waals surface area contributed by atoms with Crippen molar-refractivity contribution in [2.24, 2.45) is 4.99 Å². The Hall–Kier alpha value is -2.19. The van der Waals surface area contributed by atoms with Crippen LogP contribution >= 0.6 is 0 Å². The lowest BCUT2D eigenvalue weighted by atomic mass is 10.1. The summed E-state index contributed by atoms with van der Waals surface area (Å²) in [4.78, 5) is 17.2. The minimum atomic E-state index is -0.364. The summed E-state index contributed by atoms with van der Waals surface area (Å²) in [7, 11) is 1.81. The number of aryl methyl sites for hydroxylation is 1. The number of hydrogen-bond donors (Lipinski definition) is 2. The zero-order valence-electron chi connectivity index (χ0n) is 18.6. The van der Waals surface area contributed by atoms with Crippen molar-refractivity contribution in [3.05, 3.63) is 39.9 Å².